The first-order valence-corrected chi connectivity index (χ1v) is 10.0. The van der Waals surface area contributed by atoms with Crippen molar-refractivity contribution in [3.8, 4) is 5.75 Å². The van der Waals surface area contributed by atoms with Crippen LogP contribution in [0.15, 0.2) is 29.3 Å². The molecule has 1 aromatic rings. The summed E-state index contributed by atoms with van der Waals surface area (Å²) in [6.45, 7) is 7.57. The van der Waals surface area contributed by atoms with Gasteiger partial charge in [0.25, 0.3) is 0 Å². The van der Waals surface area contributed by atoms with Crippen molar-refractivity contribution in [2.75, 3.05) is 53.7 Å². The third kappa shape index (κ3) is 9.43. The molecule has 1 aromatic carbocycles. The van der Waals surface area contributed by atoms with E-state index in [0.717, 1.165) is 49.5 Å². The Kier molecular flexibility index (Phi) is 13.3. The second-order valence-electron chi connectivity index (χ2n) is 6.92. The highest BCUT2D eigenvalue weighted by Gasteiger charge is 2.15. The number of hydrogen-bond acceptors (Lipinski definition) is 4. The van der Waals surface area contributed by atoms with E-state index in [1.54, 1.807) is 7.11 Å². The number of rotatable bonds is 10. The lowest BCUT2D eigenvalue weighted by Crippen LogP contribution is -2.40. The van der Waals surface area contributed by atoms with E-state index < -0.39 is 0 Å². The van der Waals surface area contributed by atoms with E-state index in [-0.39, 0.29) is 24.0 Å². The minimum Gasteiger partial charge on any atom is -0.491 e. The summed E-state index contributed by atoms with van der Waals surface area (Å²) in [7, 11) is 3.79. The SMILES string of the molecule is CCNC(=NCc1cccc(OCCOC)c1)N(C)CCC1CCOCC1.I. The fraction of sp³-hybridized carbons (Fsp3) is 0.667. The molecule has 1 aliphatic rings. The lowest BCUT2D eigenvalue weighted by atomic mass is 9.96. The molecule has 0 bridgehead atoms. The maximum atomic E-state index is 5.68. The van der Waals surface area contributed by atoms with Crippen LogP contribution in [0, 0.1) is 5.92 Å². The lowest BCUT2D eigenvalue weighted by molar-refractivity contribution is 0.0625. The van der Waals surface area contributed by atoms with Crippen LogP contribution in [0.5, 0.6) is 5.75 Å². The van der Waals surface area contributed by atoms with Crippen LogP contribution in [-0.4, -0.2) is 64.5 Å². The number of halogens is 1. The van der Waals surface area contributed by atoms with Crippen LogP contribution in [-0.2, 0) is 16.0 Å². The molecule has 0 unspecified atom stereocenters. The normalized spacial score (nSPS) is 15.0. The molecule has 1 heterocycles. The van der Waals surface area contributed by atoms with Crippen LogP contribution in [0.3, 0.4) is 0 Å². The summed E-state index contributed by atoms with van der Waals surface area (Å²) in [6, 6.07) is 8.10. The summed E-state index contributed by atoms with van der Waals surface area (Å²) in [5, 5.41) is 3.40. The summed E-state index contributed by atoms with van der Waals surface area (Å²) < 4.78 is 16.2. The minimum atomic E-state index is 0. The monoisotopic (exact) mass is 505 g/mol. The molecule has 1 aliphatic heterocycles. The van der Waals surface area contributed by atoms with Crippen LogP contribution >= 0.6 is 24.0 Å². The summed E-state index contributed by atoms with van der Waals surface area (Å²) in [6.07, 6.45) is 3.54. The van der Waals surface area contributed by atoms with Gasteiger partial charge < -0.3 is 24.4 Å². The van der Waals surface area contributed by atoms with E-state index >= 15 is 0 Å². The van der Waals surface area contributed by atoms with Gasteiger partial charge in [-0.3, -0.25) is 0 Å². The van der Waals surface area contributed by atoms with Crippen molar-refractivity contribution in [1.82, 2.24) is 10.2 Å². The fourth-order valence-electron chi connectivity index (χ4n) is 3.13. The highest BCUT2D eigenvalue weighted by molar-refractivity contribution is 14.0. The first-order valence-electron chi connectivity index (χ1n) is 10.0. The zero-order chi connectivity index (χ0) is 19.3. The van der Waals surface area contributed by atoms with Gasteiger partial charge in [-0.25, -0.2) is 4.99 Å². The molecular formula is C21H36IN3O3. The van der Waals surface area contributed by atoms with Gasteiger partial charge in [0.15, 0.2) is 5.96 Å². The molecular weight excluding hydrogens is 469 g/mol. The molecule has 0 spiro atoms. The van der Waals surface area contributed by atoms with Crippen molar-refractivity contribution in [3.05, 3.63) is 29.8 Å². The molecule has 0 aliphatic carbocycles. The Morgan fingerprint density at radius 3 is 2.79 bits per heavy atom. The van der Waals surface area contributed by atoms with Crippen molar-refractivity contribution in [3.63, 3.8) is 0 Å². The van der Waals surface area contributed by atoms with Gasteiger partial charge >= 0.3 is 0 Å². The van der Waals surface area contributed by atoms with Gasteiger partial charge in [0.1, 0.15) is 12.4 Å². The summed E-state index contributed by atoms with van der Waals surface area (Å²) in [5.41, 5.74) is 1.14. The van der Waals surface area contributed by atoms with Crippen LogP contribution in [0.4, 0.5) is 0 Å². The zero-order valence-electron chi connectivity index (χ0n) is 17.5. The van der Waals surface area contributed by atoms with Crippen molar-refractivity contribution in [1.29, 1.82) is 0 Å². The highest BCUT2D eigenvalue weighted by atomic mass is 127. The van der Waals surface area contributed by atoms with E-state index in [4.69, 9.17) is 19.2 Å². The first kappa shape index (κ1) is 25.0. The molecule has 1 fully saturated rings. The fourth-order valence-corrected chi connectivity index (χ4v) is 3.13. The molecule has 0 amide bonds. The highest BCUT2D eigenvalue weighted by Crippen LogP contribution is 2.18. The number of guanidine groups is 1. The lowest BCUT2D eigenvalue weighted by Gasteiger charge is -2.26. The van der Waals surface area contributed by atoms with Gasteiger partial charge in [-0.05, 0) is 49.8 Å². The van der Waals surface area contributed by atoms with E-state index in [1.807, 2.05) is 18.2 Å². The minimum absolute atomic E-state index is 0. The van der Waals surface area contributed by atoms with E-state index in [2.05, 4.69) is 30.3 Å². The van der Waals surface area contributed by atoms with Crippen LogP contribution < -0.4 is 10.1 Å². The Balaban J connectivity index is 0.00000392. The number of ether oxygens (including phenoxy) is 3. The molecule has 1 saturated heterocycles. The Bertz CT molecular complexity index is 566. The van der Waals surface area contributed by atoms with E-state index in [9.17, 15) is 0 Å². The van der Waals surface area contributed by atoms with Gasteiger partial charge in [-0.2, -0.15) is 0 Å². The van der Waals surface area contributed by atoms with Gasteiger partial charge in [0.2, 0.25) is 0 Å². The second kappa shape index (κ2) is 14.9. The number of methoxy groups -OCH3 is 1. The van der Waals surface area contributed by atoms with Crippen molar-refractivity contribution >= 4 is 29.9 Å². The first-order chi connectivity index (χ1) is 13.2. The molecule has 6 nitrogen and oxygen atoms in total. The average Bonchev–Trinajstić information content (AvgIpc) is 2.70. The van der Waals surface area contributed by atoms with E-state index in [1.165, 1.54) is 19.3 Å². The van der Waals surface area contributed by atoms with E-state index in [0.29, 0.717) is 19.8 Å². The zero-order valence-corrected chi connectivity index (χ0v) is 19.8. The van der Waals surface area contributed by atoms with Gasteiger partial charge in [-0.15, -0.1) is 24.0 Å². The van der Waals surface area contributed by atoms with Gasteiger partial charge in [0, 0.05) is 40.5 Å². The van der Waals surface area contributed by atoms with Crippen molar-refractivity contribution in [2.24, 2.45) is 10.9 Å². The molecule has 0 atom stereocenters. The molecule has 2 rings (SSSR count). The largest absolute Gasteiger partial charge is 0.491 e. The molecule has 0 saturated carbocycles. The molecule has 7 heteroatoms. The summed E-state index contributed by atoms with van der Waals surface area (Å²) in [4.78, 5) is 7.05. The predicted molar refractivity (Wildman–Crippen MR) is 125 cm³/mol. The number of nitrogens with one attached hydrogen (secondary N) is 1. The maximum Gasteiger partial charge on any atom is 0.193 e. The third-order valence-corrected chi connectivity index (χ3v) is 4.78. The quantitative estimate of drug-likeness (QED) is 0.228. The van der Waals surface area contributed by atoms with Gasteiger partial charge in [-0.1, -0.05) is 12.1 Å². The Morgan fingerprint density at radius 1 is 1.29 bits per heavy atom. The van der Waals surface area contributed by atoms with Gasteiger partial charge in [0.05, 0.1) is 13.2 Å². The number of hydrogen-bond donors (Lipinski definition) is 1. The smallest absolute Gasteiger partial charge is 0.193 e. The molecule has 0 aromatic heterocycles. The molecule has 160 valence electrons. The molecule has 1 N–H and O–H groups in total. The summed E-state index contributed by atoms with van der Waals surface area (Å²) in [5.74, 6) is 2.58. The average molecular weight is 505 g/mol. The standard InChI is InChI=1S/C21H35N3O3.HI/c1-4-22-21(24(2)11-8-18-9-12-26-13-10-18)23-17-19-6-5-7-20(16-19)27-15-14-25-3;/h5-7,16,18H,4,8-15,17H2,1-3H3,(H,22,23);1H. The number of benzene rings is 1. The number of nitrogens with zero attached hydrogens (tertiary/aromatic N) is 2. The predicted octanol–water partition coefficient (Wildman–Crippen LogP) is 3.54. The Morgan fingerprint density at radius 2 is 2.07 bits per heavy atom. The van der Waals surface area contributed by atoms with Crippen LogP contribution in [0.1, 0.15) is 31.7 Å². The Labute approximate surface area is 187 Å². The molecule has 0 radical (unpaired) electrons. The third-order valence-electron chi connectivity index (χ3n) is 4.78. The molecule has 28 heavy (non-hydrogen) atoms. The number of aliphatic imine (C=N–C) groups is 1. The van der Waals surface area contributed by atoms with Crippen molar-refractivity contribution < 1.29 is 14.2 Å². The second-order valence-corrected chi connectivity index (χ2v) is 6.92. The summed E-state index contributed by atoms with van der Waals surface area (Å²) >= 11 is 0. The van der Waals surface area contributed by atoms with Crippen LogP contribution in [0.2, 0.25) is 0 Å². The van der Waals surface area contributed by atoms with Crippen molar-refractivity contribution in [2.45, 2.75) is 32.7 Å². The van der Waals surface area contributed by atoms with Crippen LogP contribution in [0.25, 0.3) is 0 Å². The Hall–Kier alpha value is -1.06. The maximum absolute atomic E-state index is 5.68. The topological polar surface area (TPSA) is 55.3 Å².